The molecule has 2 N–H and O–H groups in total. The van der Waals surface area contributed by atoms with E-state index in [4.69, 9.17) is 5.73 Å². The Morgan fingerprint density at radius 1 is 1.42 bits per heavy atom. The lowest BCUT2D eigenvalue weighted by Gasteiger charge is -2.07. The number of nitro benzene ring substituents is 1. The van der Waals surface area contributed by atoms with Gasteiger partial charge in [0.15, 0.2) is 9.84 Å². The summed E-state index contributed by atoms with van der Waals surface area (Å²) in [4.78, 5) is 9.80. The maximum Gasteiger partial charge on any atom is 0.272 e. The Bertz CT molecular complexity index is 572. The zero-order valence-corrected chi connectivity index (χ0v) is 11.2. The van der Waals surface area contributed by atoms with Gasteiger partial charge in [-0.05, 0) is 25.0 Å². The van der Waals surface area contributed by atoms with Gasteiger partial charge >= 0.3 is 0 Å². The van der Waals surface area contributed by atoms with Gasteiger partial charge in [0.25, 0.3) is 5.69 Å². The van der Waals surface area contributed by atoms with Crippen LogP contribution >= 0.6 is 0 Å². The number of hydrogen-bond donors (Lipinski definition) is 1. The molecule has 0 bridgehead atoms. The fourth-order valence-corrected chi connectivity index (χ4v) is 3.06. The number of sulfone groups is 1. The molecule has 0 aliphatic heterocycles. The van der Waals surface area contributed by atoms with Gasteiger partial charge in [-0.1, -0.05) is 0 Å². The summed E-state index contributed by atoms with van der Waals surface area (Å²) in [6.07, 6.45) is 0.291. The molecular weight excluding hydrogens is 275 g/mol. The molecule has 0 aliphatic carbocycles. The normalized spacial score (nSPS) is 13.2. The Morgan fingerprint density at radius 2 is 2.05 bits per heavy atom. The van der Waals surface area contributed by atoms with Gasteiger partial charge in [-0.2, -0.15) is 0 Å². The van der Waals surface area contributed by atoms with Crippen LogP contribution in [-0.4, -0.2) is 25.1 Å². The molecule has 0 spiro atoms. The number of halogens is 1. The molecule has 0 saturated carbocycles. The standard InChI is InChI=1S/C11H15FN2O4S/c1-8(13)2-3-19(17,18)7-9-4-10(12)6-11(5-9)14(15)16/h4-6,8H,2-3,7,13H2,1H3. The van der Waals surface area contributed by atoms with E-state index in [2.05, 4.69) is 0 Å². The Hall–Kier alpha value is -1.54. The number of rotatable bonds is 6. The molecule has 8 heteroatoms. The van der Waals surface area contributed by atoms with Gasteiger partial charge in [0.05, 0.1) is 22.5 Å². The van der Waals surface area contributed by atoms with Crippen LogP contribution in [0.2, 0.25) is 0 Å². The van der Waals surface area contributed by atoms with Crippen molar-refractivity contribution in [1.82, 2.24) is 0 Å². The highest BCUT2D eigenvalue weighted by molar-refractivity contribution is 7.90. The minimum Gasteiger partial charge on any atom is -0.328 e. The first kappa shape index (κ1) is 15.5. The molecule has 1 unspecified atom stereocenters. The maximum absolute atomic E-state index is 13.2. The van der Waals surface area contributed by atoms with Crippen molar-refractivity contribution in [2.24, 2.45) is 5.73 Å². The largest absolute Gasteiger partial charge is 0.328 e. The van der Waals surface area contributed by atoms with Crippen molar-refractivity contribution in [3.05, 3.63) is 39.7 Å². The molecule has 0 saturated heterocycles. The van der Waals surface area contributed by atoms with Gasteiger partial charge in [0.2, 0.25) is 0 Å². The lowest BCUT2D eigenvalue weighted by Crippen LogP contribution is -2.20. The Morgan fingerprint density at radius 3 is 2.58 bits per heavy atom. The molecule has 1 aromatic carbocycles. The summed E-state index contributed by atoms with van der Waals surface area (Å²) in [7, 11) is -3.46. The molecule has 6 nitrogen and oxygen atoms in total. The van der Waals surface area contributed by atoms with E-state index in [9.17, 15) is 22.9 Å². The molecule has 1 rings (SSSR count). The number of benzene rings is 1. The number of nitrogens with two attached hydrogens (primary N) is 1. The van der Waals surface area contributed by atoms with Crippen LogP contribution in [0.25, 0.3) is 0 Å². The van der Waals surface area contributed by atoms with Crippen LogP contribution in [0.15, 0.2) is 18.2 Å². The first-order valence-electron chi connectivity index (χ1n) is 5.59. The van der Waals surface area contributed by atoms with Gasteiger partial charge < -0.3 is 5.73 Å². The van der Waals surface area contributed by atoms with Crippen LogP contribution in [0.4, 0.5) is 10.1 Å². The Labute approximate surface area is 110 Å². The summed E-state index contributed by atoms with van der Waals surface area (Å²) >= 11 is 0. The van der Waals surface area contributed by atoms with Crippen LogP contribution < -0.4 is 5.73 Å². The third kappa shape index (κ3) is 5.31. The quantitative estimate of drug-likeness (QED) is 0.629. The zero-order chi connectivity index (χ0) is 14.6. The minimum absolute atomic E-state index is 0.0661. The predicted molar refractivity (Wildman–Crippen MR) is 68.8 cm³/mol. The first-order chi connectivity index (χ1) is 8.69. The SMILES string of the molecule is CC(N)CCS(=O)(=O)Cc1cc(F)cc([N+](=O)[O-])c1. The second-order valence-electron chi connectivity index (χ2n) is 4.43. The third-order valence-corrected chi connectivity index (χ3v) is 4.05. The molecule has 1 aromatic rings. The molecular formula is C11H15FN2O4S. The highest BCUT2D eigenvalue weighted by atomic mass is 32.2. The van der Waals surface area contributed by atoms with Crippen LogP contribution in [-0.2, 0) is 15.6 Å². The molecule has 19 heavy (non-hydrogen) atoms. The van der Waals surface area contributed by atoms with E-state index in [1.807, 2.05) is 0 Å². The number of nitrogens with zero attached hydrogens (tertiary/aromatic N) is 1. The molecule has 0 radical (unpaired) electrons. The average molecular weight is 290 g/mol. The van der Waals surface area contributed by atoms with Crippen molar-refractivity contribution in [2.45, 2.75) is 25.1 Å². The highest BCUT2D eigenvalue weighted by Crippen LogP contribution is 2.18. The van der Waals surface area contributed by atoms with E-state index < -0.39 is 32.0 Å². The van der Waals surface area contributed by atoms with E-state index in [0.717, 1.165) is 18.2 Å². The van der Waals surface area contributed by atoms with Gasteiger partial charge in [-0.15, -0.1) is 0 Å². The Kier molecular flexibility index (Phi) is 4.96. The van der Waals surface area contributed by atoms with Crippen LogP contribution in [0, 0.1) is 15.9 Å². The van der Waals surface area contributed by atoms with Gasteiger partial charge in [-0.25, -0.2) is 12.8 Å². The first-order valence-corrected chi connectivity index (χ1v) is 7.41. The van der Waals surface area contributed by atoms with Gasteiger partial charge in [-0.3, -0.25) is 10.1 Å². The topological polar surface area (TPSA) is 103 Å². The van der Waals surface area contributed by atoms with Gasteiger partial charge in [0, 0.05) is 12.1 Å². The molecule has 1 atom stereocenters. The second-order valence-corrected chi connectivity index (χ2v) is 6.62. The molecule has 0 aliphatic rings. The number of non-ortho nitro benzene ring substituents is 1. The van der Waals surface area contributed by atoms with Crippen LogP contribution in [0.5, 0.6) is 0 Å². The molecule has 0 fully saturated rings. The highest BCUT2D eigenvalue weighted by Gasteiger charge is 2.16. The van der Waals surface area contributed by atoms with Crippen LogP contribution in [0.1, 0.15) is 18.9 Å². The molecule has 106 valence electrons. The van der Waals surface area contributed by atoms with Crippen molar-refractivity contribution < 1.29 is 17.7 Å². The Balaban J connectivity index is 2.90. The van der Waals surface area contributed by atoms with E-state index in [-0.39, 0.29) is 17.4 Å². The van der Waals surface area contributed by atoms with Crippen molar-refractivity contribution >= 4 is 15.5 Å². The van der Waals surface area contributed by atoms with Crippen molar-refractivity contribution in [3.8, 4) is 0 Å². The molecule has 0 aromatic heterocycles. The summed E-state index contributed by atoms with van der Waals surface area (Å²) in [6, 6.07) is 2.54. The third-order valence-electron chi connectivity index (χ3n) is 2.42. The number of nitro groups is 1. The second kappa shape index (κ2) is 6.07. The van der Waals surface area contributed by atoms with E-state index in [0.29, 0.717) is 6.42 Å². The lowest BCUT2D eigenvalue weighted by molar-refractivity contribution is -0.385. The van der Waals surface area contributed by atoms with Crippen molar-refractivity contribution in [2.75, 3.05) is 5.75 Å². The summed E-state index contributed by atoms with van der Waals surface area (Å²) in [5, 5.41) is 10.6. The van der Waals surface area contributed by atoms with Crippen molar-refractivity contribution in [3.63, 3.8) is 0 Å². The van der Waals surface area contributed by atoms with Crippen molar-refractivity contribution in [1.29, 1.82) is 0 Å². The summed E-state index contributed by atoms with van der Waals surface area (Å²) in [5.74, 6) is -1.39. The van der Waals surface area contributed by atoms with E-state index in [1.165, 1.54) is 0 Å². The summed E-state index contributed by atoms with van der Waals surface area (Å²) < 4.78 is 36.7. The summed E-state index contributed by atoms with van der Waals surface area (Å²) in [5.41, 5.74) is 5.07. The van der Waals surface area contributed by atoms with E-state index >= 15 is 0 Å². The van der Waals surface area contributed by atoms with Gasteiger partial charge in [0.1, 0.15) is 5.82 Å². The lowest BCUT2D eigenvalue weighted by atomic mass is 10.2. The summed E-state index contributed by atoms with van der Waals surface area (Å²) in [6.45, 7) is 1.68. The average Bonchev–Trinajstić information content (AvgIpc) is 2.25. The maximum atomic E-state index is 13.2. The van der Waals surface area contributed by atoms with Crippen LogP contribution in [0.3, 0.4) is 0 Å². The molecule has 0 amide bonds. The molecule has 0 heterocycles. The fraction of sp³-hybridized carbons (Fsp3) is 0.455. The minimum atomic E-state index is -3.46. The monoisotopic (exact) mass is 290 g/mol. The van der Waals surface area contributed by atoms with E-state index in [1.54, 1.807) is 6.92 Å². The fourth-order valence-electron chi connectivity index (χ4n) is 1.51. The zero-order valence-electron chi connectivity index (χ0n) is 10.4. The smallest absolute Gasteiger partial charge is 0.272 e. The number of hydrogen-bond acceptors (Lipinski definition) is 5. The predicted octanol–water partition coefficient (Wildman–Crippen LogP) is 1.39.